The molecule has 1 amide bonds. The van der Waals surface area contributed by atoms with Gasteiger partial charge in [0.1, 0.15) is 0 Å². The number of alkyl halides is 3. The molecule has 1 aliphatic carbocycles. The predicted octanol–water partition coefficient (Wildman–Crippen LogP) is 5.52. The number of amides is 1. The fraction of sp³-hybridized carbons (Fsp3) is 0.536. The SMILES string of the molecule is COC(=O)[C@H]1CC[C@H](CNC(=O)c2cnc3c(c2)CN(Cc2ccc(C(F)(F)F)cc2)[C@H]3C(C)C)CC1. The smallest absolute Gasteiger partial charge is 0.416 e. The first-order valence-electron chi connectivity index (χ1n) is 12.8. The van der Waals surface area contributed by atoms with Gasteiger partial charge in [0.05, 0.1) is 35.9 Å². The van der Waals surface area contributed by atoms with Gasteiger partial charge in [-0.1, -0.05) is 26.0 Å². The molecule has 1 fully saturated rings. The van der Waals surface area contributed by atoms with Gasteiger partial charge >= 0.3 is 12.1 Å². The third-order valence-electron chi connectivity index (χ3n) is 7.54. The molecule has 6 nitrogen and oxygen atoms in total. The fourth-order valence-corrected chi connectivity index (χ4v) is 5.56. The number of pyridine rings is 1. The molecular weight excluding hydrogens is 483 g/mol. The van der Waals surface area contributed by atoms with E-state index in [1.54, 1.807) is 6.20 Å². The average molecular weight is 518 g/mol. The zero-order chi connectivity index (χ0) is 26.7. The highest BCUT2D eigenvalue weighted by atomic mass is 19.4. The molecule has 1 aliphatic heterocycles. The van der Waals surface area contributed by atoms with E-state index in [-0.39, 0.29) is 29.8 Å². The maximum atomic E-state index is 12.9. The van der Waals surface area contributed by atoms with Crippen LogP contribution in [0, 0.1) is 17.8 Å². The predicted molar refractivity (Wildman–Crippen MR) is 132 cm³/mol. The second-order valence-electron chi connectivity index (χ2n) is 10.5. The van der Waals surface area contributed by atoms with E-state index < -0.39 is 11.7 Å². The molecule has 37 heavy (non-hydrogen) atoms. The molecule has 2 heterocycles. The van der Waals surface area contributed by atoms with E-state index in [0.29, 0.717) is 31.1 Å². The number of rotatable bonds is 7. The summed E-state index contributed by atoms with van der Waals surface area (Å²) < 4.78 is 43.6. The van der Waals surface area contributed by atoms with Gasteiger partial charge in [0.25, 0.3) is 5.91 Å². The first kappa shape index (κ1) is 27.1. The highest BCUT2D eigenvalue weighted by Gasteiger charge is 2.35. The van der Waals surface area contributed by atoms with Crippen LogP contribution < -0.4 is 5.32 Å². The van der Waals surface area contributed by atoms with Crippen molar-refractivity contribution < 1.29 is 27.5 Å². The highest BCUT2D eigenvalue weighted by molar-refractivity contribution is 5.94. The van der Waals surface area contributed by atoms with Gasteiger partial charge < -0.3 is 10.1 Å². The van der Waals surface area contributed by atoms with Gasteiger partial charge in [-0.05, 0) is 66.8 Å². The maximum absolute atomic E-state index is 12.9. The van der Waals surface area contributed by atoms with Crippen LogP contribution in [0.4, 0.5) is 13.2 Å². The number of carbonyl (C=O) groups is 2. The van der Waals surface area contributed by atoms with E-state index in [9.17, 15) is 22.8 Å². The quantitative estimate of drug-likeness (QED) is 0.490. The summed E-state index contributed by atoms with van der Waals surface area (Å²) in [6.45, 7) is 5.81. The lowest BCUT2D eigenvalue weighted by atomic mass is 9.82. The summed E-state index contributed by atoms with van der Waals surface area (Å²) in [4.78, 5) is 31.4. The lowest BCUT2D eigenvalue weighted by molar-refractivity contribution is -0.146. The van der Waals surface area contributed by atoms with Crippen LogP contribution in [0.5, 0.6) is 0 Å². The minimum atomic E-state index is -4.35. The molecule has 2 aliphatic rings. The largest absolute Gasteiger partial charge is 0.469 e. The van der Waals surface area contributed by atoms with Crippen molar-refractivity contribution in [3.63, 3.8) is 0 Å². The van der Waals surface area contributed by atoms with Crippen LogP contribution in [0.15, 0.2) is 36.5 Å². The third kappa shape index (κ3) is 6.32. The van der Waals surface area contributed by atoms with E-state index in [0.717, 1.165) is 54.6 Å². The van der Waals surface area contributed by atoms with Crippen molar-refractivity contribution in [3.05, 3.63) is 64.5 Å². The third-order valence-corrected chi connectivity index (χ3v) is 7.54. The number of hydrogen-bond donors (Lipinski definition) is 1. The summed E-state index contributed by atoms with van der Waals surface area (Å²) in [6.07, 6.45) is 0.554. The summed E-state index contributed by atoms with van der Waals surface area (Å²) in [6, 6.07) is 7.17. The van der Waals surface area contributed by atoms with Crippen molar-refractivity contribution in [2.24, 2.45) is 17.8 Å². The molecule has 2 aromatic rings. The van der Waals surface area contributed by atoms with Crippen molar-refractivity contribution in [1.82, 2.24) is 15.2 Å². The van der Waals surface area contributed by atoms with Gasteiger partial charge in [0.15, 0.2) is 0 Å². The van der Waals surface area contributed by atoms with E-state index in [4.69, 9.17) is 4.74 Å². The van der Waals surface area contributed by atoms with Crippen LogP contribution >= 0.6 is 0 Å². The number of methoxy groups -OCH3 is 1. The Kier molecular flexibility index (Phi) is 8.21. The molecule has 0 unspecified atom stereocenters. The number of aromatic nitrogens is 1. The molecule has 1 aromatic carbocycles. The Morgan fingerprint density at radius 1 is 1.14 bits per heavy atom. The van der Waals surface area contributed by atoms with Crippen LogP contribution in [0.3, 0.4) is 0 Å². The summed E-state index contributed by atoms with van der Waals surface area (Å²) in [5.41, 5.74) is 2.53. The van der Waals surface area contributed by atoms with Gasteiger partial charge in [0.2, 0.25) is 0 Å². The lowest BCUT2D eigenvalue weighted by Crippen LogP contribution is -2.32. The number of nitrogens with one attached hydrogen (secondary N) is 1. The average Bonchev–Trinajstić information content (AvgIpc) is 3.24. The second-order valence-corrected chi connectivity index (χ2v) is 10.5. The Hall–Kier alpha value is -2.94. The van der Waals surface area contributed by atoms with E-state index >= 15 is 0 Å². The minimum Gasteiger partial charge on any atom is -0.469 e. The summed E-state index contributed by atoms with van der Waals surface area (Å²) in [5.74, 6) is 0.198. The van der Waals surface area contributed by atoms with Crippen molar-refractivity contribution >= 4 is 11.9 Å². The van der Waals surface area contributed by atoms with Gasteiger partial charge in [-0.2, -0.15) is 13.2 Å². The first-order chi connectivity index (χ1) is 17.6. The van der Waals surface area contributed by atoms with Crippen molar-refractivity contribution in [3.8, 4) is 0 Å². The van der Waals surface area contributed by atoms with E-state index in [2.05, 4.69) is 29.0 Å². The number of ether oxygens (including phenoxy) is 1. The van der Waals surface area contributed by atoms with E-state index in [1.807, 2.05) is 6.07 Å². The Labute approximate surface area is 215 Å². The molecule has 0 bridgehead atoms. The summed E-state index contributed by atoms with van der Waals surface area (Å²) >= 11 is 0. The Morgan fingerprint density at radius 2 is 1.81 bits per heavy atom. The molecule has 0 spiro atoms. The zero-order valence-electron chi connectivity index (χ0n) is 21.5. The lowest BCUT2D eigenvalue weighted by Gasteiger charge is -2.27. The monoisotopic (exact) mass is 517 g/mol. The van der Waals surface area contributed by atoms with E-state index in [1.165, 1.54) is 19.2 Å². The van der Waals surface area contributed by atoms with Crippen LogP contribution in [-0.4, -0.2) is 35.4 Å². The van der Waals surface area contributed by atoms with Gasteiger partial charge in [-0.25, -0.2) is 0 Å². The molecule has 1 saturated carbocycles. The number of halogens is 3. The number of esters is 1. The molecule has 1 N–H and O–H groups in total. The number of hydrogen-bond acceptors (Lipinski definition) is 5. The molecule has 9 heteroatoms. The van der Waals surface area contributed by atoms with Crippen LogP contribution in [0.25, 0.3) is 0 Å². The number of fused-ring (bicyclic) bond motifs is 1. The Bertz CT molecular complexity index is 1110. The van der Waals surface area contributed by atoms with Crippen LogP contribution in [0.1, 0.15) is 78.3 Å². The van der Waals surface area contributed by atoms with Crippen LogP contribution in [0.2, 0.25) is 0 Å². The van der Waals surface area contributed by atoms with Gasteiger partial charge in [-0.3, -0.25) is 19.5 Å². The highest BCUT2D eigenvalue weighted by Crippen LogP contribution is 2.39. The zero-order valence-corrected chi connectivity index (χ0v) is 21.5. The molecule has 4 rings (SSSR count). The Morgan fingerprint density at radius 3 is 2.41 bits per heavy atom. The normalized spacial score (nSPS) is 22.1. The van der Waals surface area contributed by atoms with Crippen molar-refractivity contribution in [2.45, 2.75) is 64.8 Å². The maximum Gasteiger partial charge on any atom is 0.416 e. The standard InChI is InChI=1S/C28H34F3N3O3/c1-17(2)25-24-22(16-34(25)15-19-6-10-23(11-7-19)28(29,30)31)12-21(14-32-24)26(35)33-13-18-4-8-20(9-5-18)27(36)37-3/h6-7,10-12,14,17-18,20,25H,4-5,8-9,13,15-16H2,1-3H3,(H,33,35)/t18-,20-,25-/m0/s1. The topological polar surface area (TPSA) is 71.5 Å². The van der Waals surface area contributed by atoms with Gasteiger partial charge in [-0.15, -0.1) is 0 Å². The molecule has 200 valence electrons. The molecular formula is C28H34F3N3O3. The van der Waals surface area contributed by atoms with Gasteiger partial charge in [0, 0.05) is 25.8 Å². The fourth-order valence-electron chi connectivity index (χ4n) is 5.56. The number of benzene rings is 1. The second kappa shape index (κ2) is 11.2. The van der Waals surface area contributed by atoms with Crippen LogP contribution in [-0.2, 0) is 28.8 Å². The van der Waals surface area contributed by atoms with Crippen molar-refractivity contribution in [1.29, 1.82) is 0 Å². The first-order valence-corrected chi connectivity index (χ1v) is 12.8. The Balaban J connectivity index is 1.38. The summed E-state index contributed by atoms with van der Waals surface area (Å²) in [7, 11) is 1.41. The number of carbonyl (C=O) groups excluding carboxylic acids is 2. The van der Waals surface area contributed by atoms with Crippen molar-refractivity contribution in [2.75, 3.05) is 13.7 Å². The number of nitrogens with zero attached hydrogens (tertiary/aromatic N) is 2. The summed E-state index contributed by atoms with van der Waals surface area (Å²) in [5, 5.41) is 3.02. The molecule has 1 atom stereocenters. The molecule has 1 aromatic heterocycles. The molecule has 0 radical (unpaired) electrons. The minimum absolute atomic E-state index is 0.0133. The molecule has 0 saturated heterocycles.